The molecular weight excluding hydrogens is 436 g/mol. The maximum atomic E-state index is 11.0. The van der Waals surface area contributed by atoms with E-state index in [0.29, 0.717) is 21.9 Å². The predicted molar refractivity (Wildman–Crippen MR) is 124 cm³/mol. The molecule has 0 amide bonds. The third-order valence-electron chi connectivity index (χ3n) is 4.53. The molecule has 2 aromatic carbocycles. The Morgan fingerprint density at radius 3 is 2.77 bits per heavy atom. The van der Waals surface area contributed by atoms with Crippen LogP contribution in [0.2, 0.25) is 5.02 Å². The van der Waals surface area contributed by atoms with Gasteiger partial charge in [-0.2, -0.15) is 4.37 Å². The zero-order valence-electron chi connectivity index (χ0n) is 16.1. The van der Waals surface area contributed by atoms with Gasteiger partial charge in [-0.25, -0.2) is 4.79 Å². The second-order valence-corrected chi connectivity index (χ2v) is 7.80. The van der Waals surface area contributed by atoms with E-state index < -0.39 is 18.6 Å². The Balaban J connectivity index is 1.61. The number of carboxylic acids is 1. The molecule has 0 bridgehead atoms. The van der Waals surface area contributed by atoms with Gasteiger partial charge in [-0.1, -0.05) is 54.1 Å². The summed E-state index contributed by atoms with van der Waals surface area (Å²) in [5.41, 5.74) is 3.93. The van der Waals surface area contributed by atoms with Crippen LogP contribution in [0.25, 0.3) is 21.3 Å². The number of carbonyl (C=O) groups is 1. The van der Waals surface area contributed by atoms with Crippen molar-refractivity contribution < 1.29 is 15.0 Å². The fraction of sp³-hybridized carbons (Fsp3) is 0.0909. The number of carboxylic acid groups (broad SMARTS) is 1. The van der Waals surface area contributed by atoms with Crippen LogP contribution in [0.15, 0.2) is 65.8 Å². The van der Waals surface area contributed by atoms with Crippen LogP contribution < -0.4 is 5.32 Å². The minimum absolute atomic E-state index is 0.570. The highest BCUT2D eigenvalue weighted by molar-refractivity contribution is 7.13. The molecule has 0 aliphatic rings. The number of nitrogens with zero attached hydrogens (tertiary/aromatic N) is 3. The molecule has 0 fully saturated rings. The largest absolute Gasteiger partial charge is 0.480 e. The number of hydrogen-bond acceptors (Lipinski definition) is 7. The summed E-state index contributed by atoms with van der Waals surface area (Å²) in [5.74, 6) is -0.610. The van der Waals surface area contributed by atoms with Gasteiger partial charge in [-0.15, -0.1) is 0 Å². The predicted octanol–water partition coefficient (Wildman–Crippen LogP) is 4.62. The summed E-state index contributed by atoms with van der Waals surface area (Å²) in [7, 11) is 0. The Morgan fingerprint density at radius 2 is 2.03 bits per heavy atom. The number of aliphatic carboxylic acids is 1. The molecule has 2 heterocycles. The van der Waals surface area contributed by atoms with Crippen molar-refractivity contribution in [2.45, 2.75) is 6.04 Å². The Bertz CT molecular complexity index is 1260. The van der Waals surface area contributed by atoms with Crippen molar-refractivity contribution in [3.8, 4) is 11.1 Å². The number of anilines is 2. The standard InChI is InChI=1S/C22H17ClN4O3S/c23-19-15(14-5-2-1-3-6-14)7-4-8-16(19)26-21-20-18(31-27-21)9-13(11-25-20)10-24-17(12-28)22(29)30/h1-11,17,28H,12H2,(H,26,27)(H,29,30)/t17-/m0/s1. The monoisotopic (exact) mass is 452 g/mol. The van der Waals surface area contributed by atoms with Gasteiger partial charge in [0.05, 0.1) is 22.0 Å². The van der Waals surface area contributed by atoms with Crippen LogP contribution in [0.3, 0.4) is 0 Å². The number of halogens is 1. The lowest BCUT2D eigenvalue weighted by Gasteiger charge is -2.11. The van der Waals surface area contributed by atoms with E-state index in [-0.39, 0.29) is 0 Å². The van der Waals surface area contributed by atoms with Crippen LogP contribution in [0.4, 0.5) is 11.5 Å². The van der Waals surface area contributed by atoms with Gasteiger partial charge in [0.2, 0.25) is 0 Å². The van der Waals surface area contributed by atoms with E-state index in [1.807, 2.05) is 54.6 Å². The Morgan fingerprint density at radius 1 is 1.23 bits per heavy atom. The second kappa shape index (κ2) is 9.22. The summed E-state index contributed by atoms with van der Waals surface area (Å²) in [6.45, 7) is -0.570. The second-order valence-electron chi connectivity index (χ2n) is 6.62. The quantitative estimate of drug-likeness (QED) is 0.353. The Hall–Kier alpha value is -3.33. The molecule has 0 aliphatic carbocycles. The minimum Gasteiger partial charge on any atom is -0.480 e. The first-order chi connectivity index (χ1) is 15.1. The maximum absolute atomic E-state index is 11.0. The zero-order valence-corrected chi connectivity index (χ0v) is 17.6. The maximum Gasteiger partial charge on any atom is 0.330 e. The minimum atomic E-state index is -1.20. The summed E-state index contributed by atoms with van der Waals surface area (Å²) < 4.78 is 5.25. The van der Waals surface area contributed by atoms with Crippen LogP contribution in [0.5, 0.6) is 0 Å². The van der Waals surface area contributed by atoms with E-state index in [2.05, 4.69) is 19.7 Å². The molecule has 31 heavy (non-hydrogen) atoms. The summed E-state index contributed by atoms with van der Waals surface area (Å²) in [4.78, 5) is 19.3. The van der Waals surface area contributed by atoms with Crippen molar-refractivity contribution >= 4 is 57.0 Å². The number of aliphatic hydroxyl groups excluding tert-OH is 1. The number of aromatic nitrogens is 2. The highest BCUT2D eigenvalue weighted by atomic mass is 35.5. The van der Waals surface area contributed by atoms with Gasteiger partial charge in [-0.05, 0) is 29.2 Å². The summed E-state index contributed by atoms with van der Waals surface area (Å²) in [5, 5.41) is 21.9. The van der Waals surface area contributed by atoms with Crippen LogP contribution in [-0.2, 0) is 4.79 Å². The highest BCUT2D eigenvalue weighted by Gasteiger charge is 2.15. The molecule has 0 spiro atoms. The number of fused-ring (bicyclic) bond motifs is 1. The molecule has 1 atom stereocenters. The van der Waals surface area contributed by atoms with E-state index in [9.17, 15) is 4.79 Å². The SMILES string of the molecule is O=C(O)[C@H](CO)N=Cc1cnc2c(Nc3cccc(-c4ccccc4)c3Cl)nsc2c1. The number of benzene rings is 2. The lowest BCUT2D eigenvalue weighted by atomic mass is 10.1. The summed E-state index contributed by atoms with van der Waals surface area (Å²) in [6.07, 6.45) is 2.96. The zero-order chi connectivity index (χ0) is 21.8. The number of aliphatic imine (C=N–C) groups is 1. The molecule has 0 saturated heterocycles. The van der Waals surface area contributed by atoms with E-state index in [4.69, 9.17) is 21.8 Å². The van der Waals surface area contributed by atoms with E-state index in [1.165, 1.54) is 17.7 Å². The van der Waals surface area contributed by atoms with E-state index >= 15 is 0 Å². The van der Waals surface area contributed by atoms with Gasteiger partial charge >= 0.3 is 5.97 Å². The third kappa shape index (κ3) is 4.56. The van der Waals surface area contributed by atoms with Crippen molar-refractivity contribution in [2.24, 2.45) is 4.99 Å². The lowest BCUT2D eigenvalue weighted by Crippen LogP contribution is -2.22. The number of rotatable bonds is 7. The molecule has 0 radical (unpaired) electrons. The Kier molecular flexibility index (Phi) is 6.22. The molecule has 7 nitrogen and oxygen atoms in total. The van der Waals surface area contributed by atoms with Crippen molar-refractivity contribution in [3.05, 3.63) is 71.4 Å². The normalized spacial score (nSPS) is 12.3. The Labute approximate surface area is 186 Å². The molecule has 0 saturated carbocycles. The van der Waals surface area contributed by atoms with Crippen molar-refractivity contribution in [2.75, 3.05) is 11.9 Å². The van der Waals surface area contributed by atoms with Crippen molar-refractivity contribution in [1.29, 1.82) is 0 Å². The first-order valence-corrected chi connectivity index (χ1v) is 10.4. The molecule has 156 valence electrons. The van der Waals surface area contributed by atoms with Crippen LogP contribution >= 0.6 is 23.1 Å². The first kappa shape index (κ1) is 20.9. The number of pyridine rings is 1. The van der Waals surface area contributed by atoms with Gasteiger partial charge in [0.25, 0.3) is 0 Å². The van der Waals surface area contributed by atoms with Crippen LogP contribution in [-0.4, -0.2) is 44.4 Å². The average molecular weight is 453 g/mol. The third-order valence-corrected chi connectivity index (χ3v) is 5.72. The smallest absolute Gasteiger partial charge is 0.330 e. The topological polar surface area (TPSA) is 108 Å². The molecule has 4 rings (SSSR count). The van der Waals surface area contributed by atoms with Gasteiger partial charge in [-0.3, -0.25) is 9.98 Å². The van der Waals surface area contributed by atoms with E-state index in [0.717, 1.165) is 21.5 Å². The van der Waals surface area contributed by atoms with Gasteiger partial charge < -0.3 is 15.5 Å². The molecule has 0 unspecified atom stereocenters. The molecule has 9 heteroatoms. The molecule has 4 aromatic rings. The van der Waals surface area contributed by atoms with Gasteiger partial charge in [0, 0.05) is 23.5 Å². The van der Waals surface area contributed by atoms with E-state index in [1.54, 1.807) is 6.20 Å². The summed E-state index contributed by atoms with van der Waals surface area (Å²) >= 11 is 7.91. The number of hydrogen-bond donors (Lipinski definition) is 3. The average Bonchev–Trinajstić information content (AvgIpc) is 3.18. The van der Waals surface area contributed by atoms with Crippen molar-refractivity contribution in [1.82, 2.24) is 9.36 Å². The molecular formula is C22H17ClN4O3S. The number of aliphatic hydroxyl groups is 1. The summed E-state index contributed by atoms with van der Waals surface area (Å²) in [6, 6.07) is 16.3. The first-order valence-electron chi connectivity index (χ1n) is 9.30. The molecule has 0 aliphatic heterocycles. The fourth-order valence-corrected chi connectivity index (χ4v) is 3.99. The van der Waals surface area contributed by atoms with Gasteiger partial charge in [0.1, 0.15) is 5.52 Å². The fourth-order valence-electron chi connectivity index (χ4n) is 2.96. The van der Waals surface area contributed by atoms with Crippen molar-refractivity contribution in [3.63, 3.8) is 0 Å². The van der Waals surface area contributed by atoms with Crippen LogP contribution in [0.1, 0.15) is 5.56 Å². The highest BCUT2D eigenvalue weighted by Crippen LogP contribution is 2.36. The lowest BCUT2D eigenvalue weighted by molar-refractivity contribution is -0.139. The van der Waals surface area contributed by atoms with Crippen LogP contribution in [0, 0.1) is 0 Å². The van der Waals surface area contributed by atoms with Gasteiger partial charge in [0.15, 0.2) is 11.9 Å². The molecule has 2 aromatic heterocycles. The molecule has 3 N–H and O–H groups in total. The number of nitrogens with one attached hydrogen (secondary N) is 1.